The highest BCUT2D eigenvalue weighted by molar-refractivity contribution is 4.73. The maximum Gasteiger partial charge on any atom is 0.0565 e. The zero-order valence-corrected chi connectivity index (χ0v) is 7.38. The van der Waals surface area contributed by atoms with Crippen molar-refractivity contribution in [2.75, 3.05) is 20.1 Å². The molecule has 1 fully saturated rings. The number of nitrogens with one attached hydrogen (secondary N) is 1. The molecule has 0 aromatic rings. The first-order valence-electron chi connectivity index (χ1n) is 4.33. The van der Waals surface area contributed by atoms with Crippen molar-refractivity contribution in [3.05, 3.63) is 0 Å². The van der Waals surface area contributed by atoms with Gasteiger partial charge in [0.15, 0.2) is 0 Å². The molecule has 1 unspecified atom stereocenters. The van der Waals surface area contributed by atoms with E-state index in [1.165, 1.54) is 0 Å². The van der Waals surface area contributed by atoms with Gasteiger partial charge in [-0.25, -0.2) is 0 Å². The van der Waals surface area contributed by atoms with Crippen molar-refractivity contribution >= 4 is 0 Å². The van der Waals surface area contributed by atoms with Gasteiger partial charge in [0.1, 0.15) is 0 Å². The Bertz CT molecular complexity index is 111. The lowest BCUT2D eigenvalue weighted by atomic mass is 10.1. The van der Waals surface area contributed by atoms with Crippen LogP contribution in [-0.4, -0.2) is 42.4 Å². The van der Waals surface area contributed by atoms with E-state index in [0.29, 0.717) is 6.17 Å². The first-order valence-corrected chi connectivity index (χ1v) is 4.33. The molecular formula is C8H18N2O. The van der Waals surface area contributed by atoms with Crippen LogP contribution < -0.4 is 5.32 Å². The van der Waals surface area contributed by atoms with Crippen LogP contribution in [0, 0.1) is 0 Å². The predicted octanol–water partition coefficient (Wildman–Crippen LogP) is 0.00850. The predicted molar refractivity (Wildman–Crippen MR) is 45.3 cm³/mol. The molecule has 1 heterocycles. The van der Waals surface area contributed by atoms with Crippen LogP contribution in [0.1, 0.15) is 19.8 Å². The smallest absolute Gasteiger partial charge is 0.0565 e. The fourth-order valence-corrected chi connectivity index (χ4v) is 1.46. The normalized spacial score (nSPS) is 25.4. The number of aliphatic hydroxyl groups excluding tert-OH is 1. The molecule has 0 saturated carbocycles. The molecule has 0 radical (unpaired) electrons. The molecule has 1 rings (SSSR count). The third-order valence-corrected chi connectivity index (χ3v) is 2.46. The Morgan fingerprint density at radius 1 is 1.45 bits per heavy atom. The van der Waals surface area contributed by atoms with Crippen LogP contribution in [-0.2, 0) is 0 Å². The number of likely N-dealkylation sites (tertiary alicyclic amines) is 1. The minimum atomic E-state index is -0.0599. The van der Waals surface area contributed by atoms with Gasteiger partial charge in [0.25, 0.3) is 0 Å². The van der Waals surface area contributed by atoms with Crippen LogP contribution in [0.15, 0.2) is 0 Å². The van der Waals surface area contributed by atoms with Crippen molar-refractivity contribution in [1.29, 1.82) is 0 Å². The molecule has 3 heteroatoms. The van der Waals surface area contributed by atoms with Gasteiger partial charge in [0, 0.05) is 13.1 Å². The van der Waals surface area contributed by atoms with Crippen LogP contribution in [0.5, 0.6) is 0 Å². The summed E-state index contributed by atoms with van der Waals surface area (Å²) in [5, 5.41) is 12.4. The molecule has 1 atom stereocenters. The molecule has 0 aromatic heterocycles. The van der Waals surface area contributed by atoms with Crippen molar-refractivity contribution in [3.8, 4) is 0 Å². The van der Waals surface area contributed by atoms with Crippen molar-refractivity contribution in [3.63, 3.8) is 0 Å². The van der Waals surface area contributed by atoms with Gasteiger partial charge in [-0.3, -0.25) is 4.90 Å². The van der Waals surface area contributed by atoms with Gasteiger partial charge in [0.05, 0.1) is 12.3 Å². The van der Waals surface area contributed by atoms with Crippen LogP contribution >= 0.6 is 0 Å². The topological polar surface area (TPSA) is 35.5 Å². The Hall–Kier alpha value is -0.120. The first-order chi connectivity index (χ1) is 5.24. The van der Waals surface area contributed by atoms with Crippen molar-refractivity contribution in [2.45, 2.75) is 32.0 Å². The molecule has 0 bridgehead atoms. The van der Waals surface area contributed by atoms with Gasteiger partial charge in [-0.1, -0.05) is 0 Å². The van der Waals surface area contributed by atoms with Crippen LogP contribution in [0.4, 0.5) is 0 Å². The number of rotatable bonds is 2. The Morgan fingerprint density at radius 3 is 2.45 bits per heavy atom. The quantitative estimate of drug-likeness (QED) is 0.594. The second-order valence-electron chi connectivity index (χ2n) is 3.23. The number of piperidine rings is 1. The highest BCUT2D eigenvalue weighted by Gasteiger charge is 2.19. The molecule has 1 saturated heterocycles. The van der Waals surface area contributed by atoms with E-state index < -0.39 is 0 Å². The summed E-state index contributed by atoms with van der Waals surface area (Å²) in [6.07, 6.45) is 2.23. The summed E-state index contributed by atoms with van der Waals surface area (Å²) in [6.45, 7) is 4.18. The highest BCUT2D eigenvalue weighted by Crippen LogP contribution is 2.11. The summed E-state index contributed by atoms with van der Waals surface area (Å²) >= 11 is 0. The van der Waals surface area contributed by atoms with E-state index in [2.05, 4.69) is 17.1 Å². The fraction of sp³-hybridized carbons (Fsp3) is 1.00. The van der Waals surface area contributed by atoms with E-state index in [4.69, 9.17) is 0 Å². The number of nitrogens with zero attached hydrogens (tertiary/aromatic N) is 1. The monoisotopic (exact) mass is 158 g/mol. The lowest BCUT2D eigenvalue weighted by Crippen LogP contribution is -2.47. The zero-order valence-electron chi connectivity index (χ0n) is 7.38. The highest BCUT2D eigenvalue weighted by atomic mass is 16.3. The third kappa shape index (κ3) is 2.43. The van der Waals surface area contributed by atoms with Crippen molar-refractivity contribution < 1.29 is 5.11 Å². The van der Waals surface area contributed by atoms with Gasteiger partial charge in [0.2, 0.25) is 0 Å². The van der Waals surface area contributed by atoms with E-state index in [0.717, 1.165) is 25.9 Å². The van der Waals surface area contributed by atoms with E-state index in [9.17, 15) is 5.11 Å². The maximum absolute atomic E-state index is 9.23. The van der Waals surface area contributed by atoms with E-state index in [1.807, 2.05) is 7.05 Å². The molecular weight excluding hydrogens is 140 g/mol. The molecule has 1 aliphatic heterocycles. The maximum atomic E-state index is 9.23. The standard InChI is InChI=1S/C8H18N2O/c1-7(9-2)10-5-3-8(11)4-6-10/h7-9,11H,3-6H2,1-2H3. The van der Waals surface area contributed by atoms with Gasteiger partial charge in [-0.15, -0.1) is 0 Å². The van der Waals surface area contributed by atoms with Gasteiger partial charge in [-0.05, 0) is 26.8 Å². The Labute approximate surface area is 68.4 Å². The number of hydrogen-bond acceptors (Lipinski definition) is 3. The van der Waals surface area contributed by atoms with Gasteiger partial charge >= 0.3 is 0 Å². The van der Waals surface area contributed by atoms with Crippen LogP contribution in [0.2, 0.25) is 0 Å². The zero-order chi connectivity index (χ0) is 8.27. The summed E-state index contributed by atoms with van der Waals surface area (Å²) in [5.41, 5.74) is 0. The third-order valence-electron chi connectivity index (χ3n) is 2.46. The Morgan fingerprint density at radius 2 is 2.00 bits per heavy atom. The fourth-order valence-electron chi connectivity index (χ4n) is 1.46. The lowest BCUT2D eigenvalue weighted by molar-refractivity contribution is 0.0586. The Balaban J connectivity index is 2.27. The molecule has 2 N–H and O–H groups in total. The molecule has 0 aromatic carbocycles. The number of aliphatic hydroxyl groups is 1. The molecule has 0 aliphatic carbocycles. The summed E-state index contributed by atoms with van der Waals surface area (Å²) in [6, 6.07) is 0. The summed E-state index contributed by atoms with van der Waals surface area (Å²) in [7, 11) is 1.97. The second kappa shape index (κ2) is 4.04. The van der Waals surface area contributed by atoms with Crippen molar-refractivity contribution in [1.82, 2.24) is 10.2 Å². The molecule has 11 heavy (non-hydrogen) atoms. The van der Waals surface area contributed by atoms with E-state index >= 15 is 0 Å². The lowest BCUT2D eigenvalue weighted by Gasteiger charge is -2.33. The van der Waals surface area contributed by atoms with Crippen LogP contribution in [0.25, 0.3) is 0 Å². The minimum absolute atomic E-state index is 0.0599. The summed E-state index contributed by atoms with van der Waals surface area (Å²) in [4.78, 5) is 2.35. The van der Waals surface area contributed by atoms with E-state index in [-0.39, 0.29) is 6.10 Å². The van der Waals surface area contributed by atoms with Crippen LogP contribution in [0.3, 0.4) is 0 Å². The van der Waals surface area contributed by atoms with E-state index in [1.54, 1.807) is 0 Å². The molecule has 0 spiro atoms. The molecule has 66 valence electrons. The number of hydrogen-bond donors (Lipinski definition) is 2. The molecule has 0 amide bonds. The largest absolute Gasteiger partial charge is 0.393 e. The van der Waals surface area contributed by atoms with Gasteiger partial charge < -0.3 is 10.4 Å². The molecule has 1 aliphatic rings. The second-order valence-corrected chi connectivity index (χ2v) is 3.23. The average molecular weight is 158 g/mol. The first kappa shape index (κ1) is 8.97. The van der Waals surface area contributed by atoms with Gasteiger partial charge in [-0.2, -0.15) is 0 Å². The average Bonchev–Trinajstić information content (AvgIpc) is 2.05. The summed E-state index contributed by atoms with van der Waals surface area (Å²) < 4.78 is 0. The molecule has 3 nitrogen and oxygen atoms in total. The van der Waals surface area contributed by atoms with Crippen molar-refractivity contribution in [2.24, 2.45) is 0 Å². The SMILES string of the molecule is CNC(C)N1CCC(O)CC1. The summed E-state index contributed by atoms with van der Waals surface area (Å²) in [5.74, 6) is 0. The minimum Gasteiger partial charge on any atom is -0.393 e. The Kier molecular flexibility index (Phi) is 3.30.